The van der Waals surface area contributed by atoms with Gasteiger partial charge in [0.25, 0.3) is 11.8 Å². The minimum atomic E-state index is -0.334. The molecule has 0 unspecified atom stereocenters. The van der Waals surface area contributed by atoms with Gasteiger partial charge in [-0.25, -0.2) is 0 Å². The van der Waals surface area contributed by atoms with Gasteiger partial charge in [-0.2, -0.15) is 0 Å². The van der Waals surface area contributed by atoms with E-state index in [1.165, 1.54) is 6.26 Å². The second-order valence-electron chi connectivity index (χ2n) is 4.31. The first-order valence-corrected chi connectivity index (χ1v) is 7.03. The third-order valence-electron chi connectivity index (χ3n) is 2.75. The summed E-state index contributed by atoms with van der Waals surface area (Å²) in [5.41, 5.74) is 1.12. The summed E-state index contributed by atoms with van der Waals surface area (Å²) in [6, 6.07) is 9.84. The molecule has 1 aromatic carbocycles. The zero-order valence-corrected chi connectivity index (χ0v) is 12.0. The summed E-state index contributed by atoms with van der Waals surface area (Å²) in [5, 5.41) is 5.44. The van der Waals surface area contributed by atoms with Crippen LogP contribution in [0.25, 0.3) is 0 Å². The lowest BCUT2D eigenvalue weighted by atomic mass is 10.2. The van der Waals surface area contributed by atoms with E-state index in [0.29, 0.717) is 23.7 Å². The van der Waals surface area contributed by atoms with Crippen LogP contribution in [0, 0.1) is 0 Å². The van der Waals surface area contributed by atoms with Gasteiger partial charge < -0.3 is 15.1 Å². The molecule has 0 aliphatic carbocycles. The fourth-order valence-corrected chi connectivity index (χ4v) is 1.81. The first-order valence-electron chi connectivity index (χ1n) is 6.50. The monoisotopic (exact) mass is 306 g/mol. The van der Waals surface area contributed by atoms with Gasteiger partial charge in [-0.15, -0.1) is 11.6 Å². The van der Waals surface area contributed by atoms with Crippen molar-refractivity contribution in [3.8, 4) is 0 Å². The molecule has 1 aromatic heterocycles. The fourth-order valence-electron chi connectivity index (χ4n) is 1.68. The summed E-state index contributed by atoms with van der Waals surface area (Å²) in [7, 11) is 0. The molecule has 5 nitrogen and oxygen atoms in total. The lowest BCUT2D eigenvalue weighted by Crippen LogP contribution is -2.24. The third kappa shape index (κ3) is 4.36. The van der Waals surface area contributed by atoms with Crippen LogP contribution in [0.2, 0.25) is 0 Å². The Bertz CT molecular complexity index is 594. The molecular formula is C15H15ClN2O3. The Hall–Kier alpha value is -2.27. The molecule has 0 saturated carbocycles. The van der Waals surface area contributed by atoms with Crippen LogP contribution >= 0.6 is 11.6 Å². The molecule has 6 heteroatoms. The first kappa shape index (κ1) is 15.1. The third-order valence-corrected chi connectivity index (χ3v) is 3.01. The van der Waals surface area contributed by atoms with Gasteiger partial charge in [0.05, 0.1) is 6.26 Å². The van der Waals surface area contributed by atoms with Crippen molar-refractivity contribution in [3.63, 3.8) is 0 Å². The molecule has 21 heavy (non-hydrogen) atoms. The van der Waals surface area contributed by atoms with Crippen molar-refractivity contribution in [1.29, 1.82) is 0 Å². The molecule has 2 N–H and O–H groups in total. The molecule has 0 radical (unpaired) electrons. The van der Waals surface area contributed by atoms with Crippen molar-refractivity contribution in [2.75, 3.05) is 17.7 Å². The van der Waals surface area contributed by atoms with Crippen molar-refractivity contribution in [2.24, 2.45) is 0 Å². The molecule has 0 bridgehead atoms. The lowest BCUT2D eigenvalue weighted by molar-refractivity contribution is 0.0953. The number of rotatable bonds is 6. The van der Waals surface area contributed by atoms with Gasteiger partial charge >= 0.3 is 0 Å². The number of anilines is 1. The Balaban J connectivity index is 1.92. The van der Waals surface area contributed by atoms with E-state index in [1.807, 2.05) is 0 Å². The normalized spacial score (nSPS) is 10.1. The topological polar surface area (TPSA) is 71.3 Å². The largest absolute Gasteiger partial charge is 0.459 e. The van der Waals surface area contributed by atoms with E-state index in [2.05, 4.69) is 10.6 Å². The zero-order chi connectivity index (χ0) is 15.1. The minimum Gasteiger partial charge on any atom is -0.459 e. The summed E-state index contributed by atoms with van der Waals surface area (Å²) in [5.74, 6) is 0.249. The molecule has 2 amide bonds. The predicted molar refractivity (Wildman–Crippen MR) is 80.8 cm³/mol. The summed E-state index contributed by atoms with van der Waals surface area (Å²) in [6.45, 7) is 0.541. The number of alkyl halides is 1. The van der Waals surface area contributed by atoms with Gasteiger partial charge in [0.15, 0.2) is 5.76 Å². The highest BCUT2D eigenvalue weighted by molar-refractivity contribution is 6.17. The number of benzene rings is 1. The van der Waals surface area contributed by atoms with E-state index in [0.717, 1.165) is 6.42 Å². The number of amides is 2. The van der Waals surface area contributed by atoms with E-state index in [9.17, 15) is 9.59 Å². The Kier molecular flexibility index (Phi) is 5.40. The second-order valence-corrected chi connectivity index (χ2v) is 4.69. The van der Waals surface area contributed by atoms with Crippen molar-refractivity contribution in [1.82, 2.24) is 5.32 Å². The number of hydrogen-bond acceptors (Lipinski definition) is 3. The van der Waals surface area contributed by atoms with Crippen LogP contribution < -0.4 is 10.6 Å². The molecule has 1 heterocycles. The van der Waals surface area contributed by atoms with E-state index >= 15 is 0 Å². The number of carbonyl (C=O) groups excluding carboxylic acids is 2. The SMILES string of the molecule is O=C(NCCCCl)c1ccc(NC(=O)c2ccco2)cc1. The molecule has 0 aliphatic heterocycles. The molecule has 110 valence electrons. The Morgan fingerprint density at radius 1 is 1.10 bits per heavy atom. The molecule has 0 saturated heterocycles. The number of nitrogens with one attached hydrogen (secondary N) is 2. The molecule has 2 rings (SSSR count). The van der Waals surface area contributed by atoms with E-state index in [1.54, 1.807) is 36.4 Å². The Morgan fingerprint density at radius 3 is 2.48 bits per heavy atom. The minimum absolute atomic E-state index is 0.163. The number of furan rings is 1. The smallest absolute Gasteiger partial charge is 0.291 e. The summed E-state index contributed by atoms with van der Waals surface area (Å²) in [6.07, 6.45) is 2.16. The maximum atomic E-state index is 11.8. The standard InChI is InChI=1S/C15H15ClN2O3/c16-8-2-9-17-14(19)11-4-6-12(7-5-11)18-15(20)13-3-1-10-21-13/h1,3-7,10H,2,8-9H2,(H,17,19)(H,18,20). The van der Waals surface area contributed by atoms with Crippen LogP contribution in [0.3, 0.4) is 0 Å². The Morgan fingerprint density at radius 2 is 1.86 bits per heavy atom. The summed E-state index contributed by atoms with van der Waals surface area (Å²) in [4.78, 5) is 23.6. The zero-order valence-electron chi connectivity index (χ0n) is 11.3. The van der Waals surface area contributed by atoms with E-state index < -0.39 is 0 Å². The predicted octanol–water partition coefficient (Wildman–Crippen LogP) is 2.89. The van der Waals surface area contributed by atoms with Crippen molar-refractivity contribution in [3.05, 3.63) is 54.0 Å². The maximum absolute atomic E-state index is 11.8. The van der Waals surface area contributed by atoms with Crippen LogP contribution in [-0.4, -0.2) is 24.2 Å². The first-order chi connectivity index (χ1) is 10.2. The molecule has 0 atom stereocenters. The highest BCUT2D eigenvalue weighted by Gasteiger charge is 2.09. The van der Waals surface area contributed by atoms with Crippen molar-refractivity contribution in [2.45, 2.75) is 6.42 Å². The summed E-state index contributed by atoms with van der Waals surface area (Å²) < 4.78 is 5.00. The summed E-state index contributed by atoms with van der Waals surface area (Å²) >= 11 is 5.54. The van der Waals surface area contributed by atoms with E-state index in [4.69, 9.17) is 16.0 Å². The van der Waals surface area contributed by atoms with Gasteiger partial charge in [0, 0.05) is 23.7 Å². The second kappa shape index (κ2) is 7.50. The number of halogens is 1. The van der Waals surface area contributed by atoms with Crippen LogP contribution in [-0.2, 0) is 0 Å². The van der Waals surface area contributed by atoms with Gasteiger partial charge in [0.1, 0.15) is 0 Å². The average molecular weight is 307 g/mol. The Labute approximate surface area is 127 Å². The van der Waals surface area contributed by atoms with Crippen LogP contribution in [0.5, 0.6) is 0 Å². The lowest BCUT2D eigenvalue weighted by Gasteiger charge is -2.06. The molecule has 2 aromatic rings. The maximum Gasteiger partial charge on any atom is 0.291 e. The fraction of sp³-hybridized carbons (Fsp3) is 0.200. The van der Waals surface area contributed by atoms with Crippen LogP contribution in [0.1, 0.15) is 27.3 Å². The van der Waals surface area contributed by atoms with Gasteiger partial charge in [-0.3, -0.25) is 9.59 Å². The quantitative estimate of drug-likeness (QED) is 0.637. The highest BCUT2D eigenvalue weighted by atomic mass is 35.5. The molecule has 0 aliphatic rings. The number of carbonyl (C=O) groups is 2. The van der Waals surface area contributed by atoms with Crippen molar-refractivity contribution < 1.29 is 14.0 Å². The van der Waals surface area contributed by atoms with Crippen molar-refractivity contribution >= 4 is 29.1 Å². The van der Waals surface area contributed by atoms with Gasteiger partial charge in [-0.1, -0.05) is 0 Å². The van der Waals surface area contributed by atoms with Crippen LogP contribution in [0.15, 0.2) is 47.1 Å². The van der Waals surface area contributed by atoms with E-state index in [-0.39, 0.29) is 17.6 Å². The number of hydrogen-bond donors (Lipinski definition) is 2. The molecule has 0 spiro atoms. The van der Waals surface area contributed by atoms with Crippen LogP contribution in [0.4, 0.5) is 5.69 Å². The molecule has 0 fully saturated rings. The molecular weight excluding hydrogens is 292 g/mol. The highest BCUT2D eigenvalue weighted by Crippen LogP contribution is 2.11. The van der Waals surface area contributed by atoms with Gasteiger partial charge in [0.2, 0.25) is 0 Å². The van der Waals surface area contributed by atoms with Gasteiger partial charge in [-0.05, 0) is 42.8 Å². The average Bonchev–Trinajstić information content (AvgIpc) is 3.02.